The lowest BCUT2D eigenvalue weighted by Gasteiger charge is -2.20. The Kier molecular flexibility index (Phi) is 7.76. The minimum atomic E-state index is -4.77. The molecular formula is C18H20ClF3N2O2. The number of nitrogens with zero attached hydrogens (tertiary/aromatic N) is 1. The highest BCUT2D eigenvalue weighted by molar-refractivity contribution is 5.85. The molecule has 0 aliphatic rings. The second-order valence-corrected chi connectivity index (χ2v) is 5.60. The highest BCUT2D eigenvalue weighted by Gasteiger charge is 2.32. The zero-order valence-electron chi connectivity index (χ0n) is 14.1. The molecule has 0 aliphatic heterocycles. The predicted molar refractivity (Wildman–Crippen MR) is 96.0 cm³/mol. The first-order chi connectivity index (χ1) is 11.8. The van der Waals surface area contributed by atoms with Gasteiger partial charge in [-0.2, -0.15) is 0 Å². The molecule has 0 bridgehead atoms. The number of alkyl halides is 3. The third-order valence-corrected chi connectivity index (χ3v) is 3.69. The molecule has 0 spiro atoms. The van der Waals surface area contributed by atoms with Crippen LogP contribution in [0.2, 0.25) is 0 Å². The highest BCUT2D eigenvalue weighted by Crippen LogP contribution is 2.27. The minimum Gasteiger partial charge on any atom is -0.405 e. The summed E-state index contributed by atoms with van der Waals surface area (Å²) in [4.78, 5) is 13.6. The van der Waals surface area contributed by atoms with Crippen LogP contribution in [0.4, 0.5) is 18.9 Å². The van der Waals surface area contributed by atoms with Crippen molar-refractivity contribution < 1.29 is 22.7 Å². The van der Waals surface area contributed by atoms with Gasteiger partial charge in [0.25, 0.3) is 0 Å². The monoisotopic (exact) mass is 388 g/mol. The number of hydrogen-bond acceptors (Lipinski definition) is 3. The number of benzene rings is 2. The summed E-state index contributed by atoms with van der Waals surface area (Å²) < 4.78 is 41.4. The molecule has 1 amide bonds. The number of nitrogens with two attached hydrogens (primary N) is 1. The van der Waals surface area contributed by atoms with E-state index < -0.39 is 6.36 Å². The van der Waals surface area contributed by atoms with Crippen LogP contribution < -0.4 is 10.5 Å². The Morgan fingerprint density at radius 3 is 2.27 bits per heavy atom. The molecule has 0 fully saturated rings. The summed E-state index contributed by atoms with van der Waals surface area (Å²) in [5, 5.41) is 0. The Morgan fingerprint density at radius 1 is 1.08 bits per heavy atom. The molecule has 8 heteroatoms. The van der Waals surface area contributed by atoms with Crippen LogP contribution >= 0.6 is 12.4 Å². The first kappa shape index (κ1) is 21.6. The first-order valence-corrected chi connectivity index (χ1v) is 7.67. The van der Waals surface area contributed by atoms with Crippen LogP contribution in [-0.4, -0.2) is 24.2 Å². The molecule has 0 aromatic heterocycles. The van der Waals surface area contributed by atoms with Gasteiger partial charge in [-0.05, 0) is 24.1 Å². The van der Waals surface area contributed by atoms with E-state index in [1.54, 1.807) is 19.2 Å². The van der Waals surface area contributed by atoms with Crippen LogP contribution in [0.5, 0.6) is 5.75 Å². The number of rotatable bonds is 6. The van der Waals surface area contributed by atoms with Gasteiger partial charge in [-0.1, -0.05) is 36.4 Å². The number of amides is 1. The van der Waals surface area contributed by atoms with Crippen LogP contribution in [0.15, 0.2) is 48.5 Å². The first-order valence-electron chi connectivity index (χ1n) is 7.67. The number of aryl methyl sites for hydroxylation is 1. The van der Waals surface area contributed by atoms with Gasteiger partial charge in [0.15, 0.2) is 0 Å². The quantitative estimate of drug-likeness (QED) is 0.755. The predicted octanol–water partition coefficient (Wildman–Crippen LogP) is 4.18. The van der Waals surface area contributed by atoms with Crippen LogP contribution in [0, 0.1) is 0 Å². The Hall–Kier alpha value is -2.41. The topological polar surface area (TPSA) is 55.6 Å². The maximum atomic E-state index is 12.4. The van der Waals surface area contributed by atoms with Gasteiger partial charge in [0.1, 0.15) is 5.75 Å². The fourth-order valence-electron chi connectivity index (χ4n) is 2.40. The van der Waals surface area contributed by atoms with E-state index in [0.717, 1.165) is 5.56 Å². The molecule has 0 aliphatic carbocycles. The number of ether oxygens (including phenoxy) is 1. The van der Waals surface area contributed by atoms with Crippen molar-refractivity contribution in [3.63, 3.8) is 0 Å². The summed E-state index contributed by atoms with van der Waals surface area (Å²) in [7, 11) is 1.54. The fourth-order valence-corrected chi connectivity index (χ4v) is 2.40. The van der Waals surface area contributed by atoms with Crippen LogP contribution in [0.25, 0.3) is 0 Å². The number of carbonyl (C=O) groups is 1. The zero-order valence-corrected chi connectivity index (χ0v) is 14.9. The molecule has 142 valence electrons. The van der Waals surface area contributed by atoms with Crippen LogP contribution in [0.1, 0.15) is 17.5 Å². The molecule has 0 atom stereocenters. The molecule has 2 aromatic rings. The lowest BCUT2D eigenvalue weighted by Crippen LogP contribution is -2.27. The Labute approximate surface area is 156 Å². The van der Waals surface area contributed by atoms with Crippen molar-refractivity contribution in [2.24, 2.45) is 0 Å². The molecule has 4 nitrogen and oxygen atoms in total. The third-order valence-electron chi connectivity index (χ3n) is 3.69. The Balaban J connectivity index is 0.00000338. The molecule has 2 aromatic carbocycles. The van der Waals surface area contributed by atoms with Gasteiger partial charge >= 0.3 is 6.36 Å². The standard InChI is InChI=1S/C18H19F3N2O2.ClH/c1-23(17(24)11-10-13-6-2-4-8-15(13)22)12-14-7-3-5-9-16(14)25-18(19,20)21;/h2-9H,10-12,22H2,1H3;1H. The number of nitrogen functional groups attached to an aromatic ring is 1. The van der Waals surface area contributed by atoms with E-state index >= 15 is 0 Å². The van der Waals surface area contributed by atoms with E-state index in [1.807, 2.05) is 18.2 Å². The Bertz CT molecular complexity index is 738. The average Bonchev–Trinajstić information content (AvgIpc) is 2.54. The highest BCUT2D eigenvalue weighted by atomic mass is 35.5. The molecule has 2 N–H and O–H groups in total. The number of para-hydroxylation sites is 2. The third kappa shape index (κ3) is 6.48. The molecule has 26 heavy (non-hydrogen) atoms. The minimum absolute atomic E-state index is 0. The molecule has 0 radical (unpaired) electrons. The van der Waals surface area contributed by atoms with Gasteiger partial charge in [0.05, 0.1) is 0 Å². The maximum Gasteiger partial charge on any atom is 0.573 e. The van der Waals surface area contributed by atoms with Gasteiger partial charge in [0.2, 0.25) is 5.91 Å². The molecule has 0 heterocycles. The van der Waals surface area contributed by atoms with Crippen molar-refractivity contribution in [2.75, 3.05) is 12.8 Å². The van der Waals surface area contributed by atoms with Crippen molar-refractivity contribution in [3.05, 3.63) is 59.7 Å². The number of anilines is 1. The second kappa shape index (κ2) is 9.33. The number of carbonyl (C=O) groups excluding carboxylic acids is 1. The van der Waals surface area contributed by atoms with Crippen molar-refractivity contribution in [2.45, 2.75) is 25.7 Å². The lowest BCUT2D eigenvalue weighted by atomic mass is 10.1. The molecule has 0 unspecified atom stereocenters. The van der Waals surface area contributed by atoms with Gasteiger partial charge in [-0.25, -0.2) is 0 Å². The molecular weight excluding hydrogens is 369 g/mol. The SMILES string of the molecule is CN(Cc1ccccc1OC(F)(F)F)C(=O)CCc1ccccc1N.Cl. The van der Waals surface area contributed by atoms with Gasteiger partial charge < -0.3 is 15.4 Å². The summed E-state index contributed by atoms with van der Waals surface area (Å²) >= 11 is 0. The van der Waals surface area contributed by atoms with Crippen molar-refractivity contribution >= 4 is 24.0 Å². The molecule has 0 saturated heterocycles. The largest absolute Gasteiger partial charge is 0.573 e. The molecule has 0 saturated carbocycles. The van der Waals surface area contributed by atoms with Gasteiger partial charge in [0, 0.05) is 31.3 Å². The smallest absolute Gasteiger partial charge is 0.405 e. The van der Waals surface area contributed by atoms with E-state index in [0.29, 0.717) is 12.1 Å². The van der Waals surface area contributed by atoms with Gasteiger partial charge in [-0.15, -0.1) is 25.6 Å². The summed E-state index contributed by atoms with van der Waals surface area (Å²) in [5.41, 5.74) is 7.60. The normalized spacial score (nSPS) is 10.8. The number of halogens is 4. The summed E-state index contributed by atoms with van der Waals surface area (Å²) in [6.45, 7) is 0.0232. The van der Waals surface area contributed by atoms with Crippen molar-refractivity contribution in [3.8, 4) is 5.75 Å². The van der Waals surface area contributed by atoms with E-state index in [2.05, 4.69) is 4.74 Å². The van der Waals surface area contributed by atoms with Crippen LogP contribution in [0.3, 0.4) is 0 Å². The Morgan fingerprint density at radius 2 is 1.65 bits per heavy atom. The summed E-state index contributed by atoms with van der Waals surface area (Å²) in [6.07, 6.45) is -4.09. The molecule has 2 rings (SSSR count). The summed E-state index contributed by atoms with van der Waals surface area (Å²) in [6, 6.07) is 13.0. The van der Waals surface area contributed by atoms with E-state index in [9.17, 15) is 18.0 Å². The average molecular weight is 389 g/mol. The lowest BCUT2D eigenvalue weighted by molar-refractivity contribution is -0.275. The second-order valence-electron chi connectivity index (χ2n) is 5.60. The van der Waals surface area contributed by atoms with Crippen molar-refractivity contribution in [1.29, 1.82) is 0 Å². The van der Waals surface area contributed by atoms with Crippen LogP contribution in [-0.2, 0) is 17.8 Å². The van der Waals surface area contributed by atoms with E-state index in [-0.39, 0.29) is 42.6 Å². The fraction of sp³-hybridized carbons (Fsp3) is 0.278. The van der Waals surface area contributed by atoms with Gasteiger partial charge in [-0.3, -0.25) is 4.79 Å². The summed E-state index contributed by atoms with van der Waals surface area (Å²) in [5.74, 6) is -0.494. The number of hydrogen-bond donors (Lipinski definition) is 1. The van der Waals surface area contributed by atoms with Crippen molar-refractivity contribution in [1.82, 2.24) is 4.90 Å². The maximum absolute atomic E-state index is 12.4. The zero-order chi connectivity index (χ0) is 18.4. The van der Waals surface area contributed by atoms with E-state index in [4.69, 9.17) is 5.73 Å². The van der Waals surface area contributed by atoms with E-state index in [1.165, 1.54) is 23.1 Å².